The van der Waals surface area contributed by atoms with Gasteiger partial charge >= 0.3 is 0 Å². The molecule has 2 N–H and O–H groups in total. The lowest BCUT2D eigenvalue weighted by molar-refractivity contribution is 0.0881. The average molecular weight is 155 g/mol. The van der Waals surface area contributed by atoms with Crippen molar-refractivity contribution in [1.29, 1.82) is 10.8 Å². The molecule has 62 valence electrons. The minimum atomic E-state index is 0.179. The first-order chi connectivity index (χ1) is 5.27. The second kappa shape index (κ2) is 3.48. The molecule has 0 aliphatic carbocycles. The Bertz CT molecular complexity index is 169. The molecule has 0 aromatic heterocycles. The lowest BCUT2D eigenvalue weighted by Crippen LogP contribution is -2.39. The molecule has 0 spiro atoms. The summed E-state index contributed by atoms with van der Waals surface area (Å²) in [7, 11) is 1.66. The van der Waals surface area contributed by atoms with Gasteiger partial charge < -0.3 is 9.64 Å². The van der Waals surface area contributed by atoms with Crippen LogP contribution in [0.15, 0.2) is 0 Å². The molecule has 0 amide bonds. The van der Waals surface area contributed by atoms with Crippen molar-refractivity contribution >= 4 is 12.2 Å². The van der Waals surface area contributed by atoms with E-state index in [0.717, 1.165) is 13.0 Å². The quantitative estimate of drug-likeness (QED) is 0.455. The third-order valence-corrected chi connectivity index (χ3v) is 1.95. The molecule has 1 heterocycles. The van der Waals surface area contributed by atoms with Gasteiger partial charge in [0, 0.05) is 20.1 Å². The van der Waals surface area contributed by atoms with Crippen molar-refractivity contribution in [3.05, 3.63) is 0 Å². The molecule has 1 saturated heterocycles. The van der Waals surface area contributed by atoms with Gasteiger partial charge in [-0.1, -0.05) is 0 Å². The SMILES string of the molecule is COC1CCN(C=N)C(=N)C1. The van der Waals surface area contributed by atoms with Gasteiger partial charge in [-0.15, -0.1) is 0 Å². The molecule has 1 aliphatic rings. The number of nitrogens with zero attached hydrogens (tertiary/aromatic N) is 1. The summed E-state index contributed by atoms with van der Waals surface area (Å²) in [5, 5.41) is 14.4. The van der Waals surface area contributed by atoms with E-state index in [-0.39, 0.29) is 6.10 Å². The van der Waals surface area contributed by atoms with E-state index in [2.05, 4.69) is 0 Å². The van der Waals surface area contributed by atoms with Crippen LogP contribution < -0.4 is 0 Å². The van der Waals surface area contributed by atoms with E-state index in [4.69, 9.17) is 15.6 Å². The molecule has 0 saturated carbocycles. The number of likely N-dealkylation sites (tertiary alicyclic amines) is 1. The highest BCUT2D eigenvalue weighted by atomic mass is 16.5. The maximum Gasteiger partial charge on any atom is 0.104 e. The summed E-state index contributed by atoms with van der Waals surface area (Å²) in [6, 6.07) is 0. The normalized spacial score (nSPS) is 25.4. The minimum absolute atomic E-state index is 0.179. The fourth-order valence-electron chi connectivity index (χ4n) is 1.20. The van der Waals surface area contributed by atoms with Gasteiger partial charge in [0.2, 0.25) is 0 Å². The van der Waals surface area contributed by atoms with E-state index in [9.17, 15) is 0 Å². The van der Waals surface area contributed by atoms with E-state index in [1.54, 1.807) is 12.0 Å². The first kappa shape index (κ1) is 8.20. The average Bonchev–Trinajstić information content (AvgIpc) is 2.04. The molecule has 4 heteroatoms. The molecule has 1 fully saturated rings. The van der Waals surface area contributed by atoms with Gasteiger partial charge in [0.25, 0.3) is 0 Å². The maximum atomic E-state index is 7.47. The number of rotatable bonds is 2. The van der Waals surface area contributed by atoms with E-state index in [0.29, 0.717) is 12.3 Å². The van der Waals surface area contributed by atoms with Gasteiger partial charge in [-0.3, -0.25) is 10.8 Å². The molecule has 0 aromatic rings. The molecule has 0 aromatic carbocycles. The summed E-state index contributed by atoms with van der Waals surface area (Å²) < 4.78 is 5.11. The van der Waals surface area contributed by atoms with Crippen molar-refractivity contribution in [2.75, 3.05) is 13.7 Å². The predicted octanol–water partition coefficient (Wildman–Crippen LogP) is 0.682. The highest BCUT2D eigenvalue weighted by Gasteiger charge is 2.20. The second-order valence-electron chi connectivity index (χ2n) is 2.62. The first-order valence-electron chi connectivity index (χ1n) is 3.65. The molecule has 1 rings (SSSR count). The fraction of sp³-hybridized carbons (Fsp3) is 0.714. The molecule has 0 bridgehead atoms. The molecular formula is C7H13N3O. The standard InChI is InChI=1S/C7H13N3O/c1-11-6-2-3-10(5-8)7(9)4-6/h5-6,8-9H,2-4H2,1H3. The minimum Gasteiger partial charge on any atom is -0.381 e. The molecule has 1 unspecified atom stereocenters. The van der Waals surface area contributed by atoms with Crippen molar-refractivity contribution in [3.8, 4) is 0 Å². The van der Waals surface area contributed by atoms with E-state index >= 15 is 0 Å². The monoisotopic (exact) mass is 155 g/mol. The summed E-state index contributed by atoms with van der Waals surface area (Å²) in [6.45, 7) is 0.737. The van der Waals surface area contributed by atoms with Crippen LogP contribution in [0.3, 0.4) is 0 Å². The molecule has 11 heavy (non-hydrogen) atoms. The van der Waals surface area contributed by atoms with Crippen LogP contribution in [-0.2, 0) is 4.74 Å². The zero-order valence-electron chi connectivity index (χ0n) is 6.63. The lowest BCUT2D eigenvalue weighted by Gasteiger charge is -2.29. The number of hydrogen-bond acceptors (Lipinski definition) is 3. The van der Waals surface area contributed by atoms with Crippen LogP contribution in [0, 0.1) is 10.8 Å². The van der Waals surface area contributed by atoms with Crippen molar-refractivity contribution in [2.45, 2.75) is 18.9 Å². The number of ether oxygens (including phenoxy) is 1. The summed E-state index contributed by atoms with van der Waals surface area (Å²) in [5.74, 6) is 0.484. The highest BCUT2D eigenvalue weighted by Crippen LogP contribution is 2.12. The Morgan fingerprint density at radius 1 is 1.73 bits per heavy atom. The maximum absolute atomic E-state index is 7.47. The second-order valence-corrected chi connectivity index (χ2v) is 2.62. The predicted molar refractivity (Wildman–Crippen MR) is 43.2 cm³/mol. The van der Waals surface area contributed by atoms with Crippen LogP contribution >= 0.6 is 0 Å². The van der Waals surface area contributed by atoms with E-state index in [1.165, 1.54) is 6.34 Å². The Morgan fingerprint density at radius 3 is 2.91 bits per heavy atom. The molecule has 0 radical (unpaired) electrons. The van der Waals surface area contributed by atoms with Crippen molar-refractivity contribution in [3.63, 3.8) is 0 Å². The Kier molecular flexibility index (Phi) is 2.59. The van der Waals surface area contributed by atoms with E-state index < -0.39 is 0 Å². The van der Waals surface area contributed by atoms with Crippen LogP contribution in [0.4, 0.5) is 0 Å². The number of amidine groups is 1. The highest BCUT2D eigenvalue weighted by molar-refractivity contribution is 5.89. The summed E-state index contributed by atoms with van der Waals surface area (Å²) in [6.07, 6.45) is 2.92. The van der Waals surface area contributed by atoms with Gasteiger partial charge in [-0.25, -0.2) is 0 Å². The topological polar surface area (TPSA) is 60.2 Å². The van der Waals surface area contributed by atoms with Crippen molar-refractivity contribution in [2.24, 2.45) is 0 Å². The van der Waals surface area contributed by atoms with Crippen molar-refractivity contribution < 1.29 is 4.74 Å². The zero-order chi connectivity index (χ0) is 8.27. The van der Waals surface area contributed by atoms with Crippen molar-refractivity contribution in [1.82, 2.24) is 4.90 Å². The van der Waals surface area contributed by atoms with Crippen LogP contribution in [-0.4, -0.2) is 36.8 Å². The van der Waals surface area contributed by atoms with E-state index in [1.807, 2.05) is 0 Å². The molecular weight excluding hydrogens is 142 g/mol. The molecule has 4 nitrogen and oxygen atoms in total. The van der Waals surface area contributed by atoms with Crippen LogP contribution in [0.5, 0.6) is 0 Å². The van der Waals surface area contributed by atoms with Crippen LogP contribution in [0.1, 0.15) is 12.8 Å². The lowest BCUT2D eigenvalue weighted by atomic mass is 10.1. The van der Waals surface area contributed by atoms with Gasteiger partial charge in [0.15, 0.2) is 0 Å². The molecule has 1 atom stereocenters. The summed E-state index contributed by atoms with van der Waals surface area (Å²) in [5.41, 5.74) is 0. The number of hydrogen-bond donors (Lipinski definition) is 2. The Hall–Kier alpha value is -0.900. The number of nitrogens with one attached hydrogen (secondary N) is 2. The third kappa shape index (κ3) is 1.77. The van der Waals surface area contributed by atoms with Gasteiger partial charge in [0.05, 0.1) is 12.4 Å². The Morgan fingerprint density at radius 2 is 2.45 bits per heavy atom. The summed E-state index contributed by atoms with van der Waals surface area (Å²) >= 11 is 0. The van der Waals surface area contributed by atoms with Crippen LogP contribution in [0.2, 0.25) is 0 Å². The third-order valence-electron chi connectivity index (χ3n) is 1.95. The van der Waals surface area contributed by atoms with Gasteiger partial charge in [-0.05, 0) is 6.42 Å². The van der Waals surface area contributed by atoms with Gasteiger partial charge in [-0.2, -0.15) is 0 Å². The number of methoxy groups -OCH3 is 1. The first-order valence-corrected chi connectivity index (χ1v) is 3.65. The van der Waals surface area contributed by atoms with Gasteiger partial charge in [0.1, 0.15) is 5.84 Å². The Balaban J connectivity index is 2.47. The fourth-order valence-corrected chi connectivity index (χ4v) is 1.20. The largest absolute Gasteiger partial charge is 0.381 e. The summed E-state index contributed by atoms with van der Waals surface area (Å²) in [4.78, 5) is 1.63. The number of piperidine rings is 1. The van der Waals surface area contributed by atoms with Crippen LogP contribution in [0.25, 0.3) is 0 Å². The smallest absolute Gasteiger partial charge is 0.104 e. The zero-order valence-corrected chi connectivity index (χ0v) is 6.63. The Labute approximate surface area is 66.2 Å². The molecule has 1 aliphatic heterocycles.